The minimum Gasteiger partial charge on any atom is -0.480 e. The summed E-state index contributed by atoms with van der Waals surface area (Å²) < 4.78 is 0. The molecule has 3 N–H and O–H groups in total. The summed E-state index contributed by atoms with van der Waals surface area (Å²) in [5.41, 5.74) is 5.47. The molecule has 5 heteroatoms. The molecule has 0 aromatic heterocycles. The monoisotopic (exact) mass is 229 g/mol. The highest BCUT2D eigenvalue weighted by molar-refractivity contribution is 5.72. The van der Waals surface area contributed by atoms with Crippen LogP contribution in [0.3, 0.4) is 0 Å². The zero-order chi connectivity index (χ0) is 12.1. The highest BCUT2D eigenvalue weighted by Gasteiger charge is 2.21. The van der Waals surface area contributed by atoms with Crippen molar-refractivity contribution in [1.82, 2.24) is 9.80 Å². The molecule has 1 saturated heterocycles. The smallest absolute Gasteiger partial charge is 0.320 e. The number of carboxylic acid groups (broad SMARTS) is 1. The van der Waals surface area contributed by atoms with Crippen molar-refractivity contribution in [2.45, 2.75) is 31.3 Å². The molecule has 0 aromatic carbocycles. The number of hydrogen-bond donors (Lipinski definition) is 2. The van der Waals surface area contributed by atoms with Gasteiger partial charge in [-0.3, -0.25) is 4.79 Å². The van der Waals surface area contributed by atoms with Gasteiger partial charge in [-0.05, 0) is 46.4 Å². The highest BCUT2D eigenvalue weighted by atomic mass is 16.4. The van der Waals surface area contributed by atoms with Gasteiger partial charge in [0.2, 0.25) is 0 Å². The Morgan fingerprint density at radius 3 is 2.50 bits per heavy atom. The van der Waals surface area contributed by atoms with Crippen LogP contribution in [-0.2, 0) is 4.79 Å². The molecule has 1 atom stereocenters. The summed E-state index contributed by atoms with van der Waals surface area (Å²) in [5.74, 6) is -0.900. The zero-order valence-electron chi connectivity index (χ0n) is 10.2. The Balaban J connectivity index is 2.20. The normalized spacial score (nSPS) is 21.2. The van der Waals surface area contributed by atoms with Crippen LogP contribution in [0.25, 0.3) is 0 Å². The standard InChI is InChI=1S/C11H23N3O2/c1-13(2)9-3-6-14(7-4-9)8-5-10(12)11(15)16/h9-10H,3-8,12H2,1-2H3,(H,15,16). The third-order valence-corrected chi connectivity index (χ3v) is 3.36. The van der Waals surface area contributed by atoms with E-state index in [-0.39, 0.29) is 0 Å². The Kier molecular flexibility index (Phi) is 5.18. The number of rotatable bonds is 5. The molecular formula is C11H23N3O2. The number of nitrogens with zero attached hydrogens (tertiary/aromatic N) is 2. The van der Waals surface area contributed by atoms with E-state index in [1.54, 1.807) is 0 Å². The average Bonchev–Trinajstić information content (AvgIpc) is 2.26. The van der Waals surface area contributed by atoms with Gasteiger partial charge in [-0.15, -0.1) is 0 Å². The van der Waals surface area contributed by atoms with Crippen LogP contribution in [0.2, 0.25) is 0 Å². The van der Waals surface area contributed by atoms with E-state index in [1.807, 2.05) is 0 Å². The van der Waals surface area contributed by atoms with Crippen LogP contribution >= 0.6 is 0 Å². The molecule has 1 unspecified atom stereocenters. The van der Waals surface area contributed by atoms with Gasteiger partial charge in [0.1, 0.15) is 6.04 Å². The predicted octanol–water partition coefficient (Wildman–Crippen LogP) is -0.186. The van der Waals surface area contributed by atoms with Crippen LogP contribution in [-0.4, -0.2) is 66.7 Å². The molecule has 94 valence electrons. The number of carboxylic acids is 1. The van der Waals surface area contributed by atoms with Crippen LogP contribution < -0.4 is 5.73 Å². The maximum absolute atomic E-state index is 10.6. The van der Waals surface area contributed by atoms with E-state index < -0.39 is 12.0 Å². The van der Waals surface area contributed by atoms with Gasteiger partial charge >= 0.3 is 5.97 Å². The van der Waals surface area contributed by atoms with Crippen molar-refractivity contribution in [2.24, 2.45) is 5.73 Å². The summed E-state index contributed by atoms with van der Waals surface area (Å²) in [6.07, 6.45) is 2.87. The van der Waals surface area contributed by atoms with Gasteiger partial charge in [-0.2, -0.15) is 0 Å². The maximum Gasteiger partial charge on any atom is 0.320 e. The first-order valence-electron chi connectivity index (χ1n) is 5.88. The molecule has 0 bridgehead atoms. The summed E-state index contributed by atoms with van der Waals surface area (Å²) in [6, 6.07) is -0.0454. The number of piperidine rings is 1. The number of nitrogens with two attached hydrogens (primary N) is 1. The van der Waals surface area contributed by atoms with Crippen molar-refractivity contribution < 1.29 is 9.90 Å². The minimum atomic E-state index is -0.900. The third kappa shape index (κ3) is 4.08. The number of carbonyl (C=O) groups is 1. The summed E-state index contributed by atoms with van der Waals surface area (Å²) in [6.45, 7) is 2.90. The molecular weight excluding hydrogens is 206 g/mol. The van der Waals surface area contributed by atoms with Crippen molar-refractivity contribution in [3.63, 3.8) is 0 Å². The summed E-state index contributed by atoms with van der Waals surface area (Å²) in [7, 11) is 4.22. The van der Waals surface area contributed by atoms with Gasteiger partial charge in [0, 0.05) is 12.6 Å². The first kappa shape index (κ1) is 13.4. The molecule has 0 aromatic rings. The Bertz CT molecular complexity index is 225. The lowest BCUT2D eigenvalue weighted by atomic mass is 10.0. The van der Waals surface area contributed by atoms with Crippen molar-refractivity contribution >= 4 is 5.97 Å². The molecule has 1 heterocycles. The van der Waals surface area contributed by atoms with E-state index in [0.29, 0.717) is 12.5 Å². The molecule has 5 nitrogen and oxygen atoms in total. The van der Waals surface area contributed by atoms with E-state index in [9.17, 15) is 4.79 Å². The molecule has 1 aliphatic heterocycles. The van der Waals surface area contributed by atoms with E-state index in [4.69, 9.17) is 10.8 Å². The second-order valence-electron chi connectivity index (χ2n) is 4.77. The van der Waals surface area contributed by atoms with Crippen molar-refractivity contribution in [3.05, 3.63) is 0 Å². The SMILES string of the molecule is CN(C)C1CCN(CCC(N)C(=O)O)CC1. The second-order valence-corrected chi connectivity index (χ2v) is 4.77. The van der Waals surface area contributed by atoms with Crippen LogP contribution in [0.1, 0.15) is 19.3 Å². The lowest BCUT2D eigenvalue weighted by Crippen LogP contribution is -2.43. The highest BCUT2D eigenvalue weighted by Crippen LogP contribution is 2.14. The zero-order valence-corrected chi connectivity index (χ0v) is 10.2. The van der Waals surface area contributed by atoms with Crippen molar-refractivity contribution in [1.29, 1.82) is 0 Å². The number of likely N-dealkylation sites (tertiary alicyclic amines) is 1. The average molecular weight is 229 g/mol. The van der Waals surface area contributed by atoms with Gasteiger partial charge in [0.15, 0.2) is 0 Å². The fourth-order valence-electron chi connectivity index (χ4n) is 2.10. The van der Waals surface area contributed by atoms with Crippen LogP contribution in [0.15, 0.2) is 0 Å². The van der Waals surface area contributed by atoms with Gasteiger partial charge in [0.25, 0.3) is 0 Å². The fraction of sp³-hybridized carbons (Fsp3) is 0.909. The first-order valence-corrected chi connectivity index (χ1v) is 5.88. The molecule has 1 fully saturated rings. The van der Waals surface area contributed by atoms with E-state index in [1.165, 1.54) is 0 Å². The third-order valence-electron chi connectivity index (χ3n) is 3.36. The van der Waals surface area contributed by atoms with Crippen molar-refractivity contribution in [3.8, 4) is 0 Å². The van der Waals surface area contributed by atoms with E-state index >= 15 is 0 Å². The lowest BCUT2D eigenvalue weighted by molar-refractivity contribution is -0.138. The quantitative estimate of drug-likeness (QED) is 0.684. The summed E-state index contributed by atoms with van der Waals surface area (Å²) in [5, 5.41) is 8.68. The van der Waals surface area contributed by atoms with E-state index in [2.05, 4.69) is 23.9 Å². The van der Waals surface area contributed by atoms with Crippen LogP contribution in [0.4, 0.5) is 0 Å². The molecule has 1 rings (SSSR count). The Morgan fingerprint density at radius 2 is 2.06 bits per heavy atom. The maximum atomic E-state index is 10.6. The number of aliphatic carboxylic acids is 1. The Hall–Kier alpha value is -0.650. The van der Waals surface area contributed by atoms with E-state index in [0.717, 1.165) is 32.5 Å². The molecule has 16 heavy (non-hydrogen) atoms. The van der Waals surface area contributed by atoms with Gasteiger partial charge < -0.3 is 20.6 Å². The Morgan fingerprint density at radius 1 is 1.50 bits per heavy atom. The molecule has 1 aliphatic rings. The van der Waals surface area contributed by atoms with Crippen molar-refractivity contribution in [2.75, 3.05) is 33.7 Å². The topological polar surface area (TPSA) is 69.8 Å². The minimum absolute atomic E-state index is 0.544. The molecule has 0 aliphatic carbocycles. The predicted molar refractivity (Wildman–Crippen MR) is 63.4 cm³/mol. The summed E-state index contributed by atoms with van der Waals surface area (Å²) >= 11 is 0. The summed E-state index contributed by atoms with van der Waals surface area (Å²) in [4.78, 5) is 15.1. The molecule has 0 amide bonds. The first-order chi connectivity index (χ1) is 7.50. The molecule has 0 spiro atoms. The fourth-order valence-corrected chi connectivity index (χ4v) is 2.10. The van der Waals surface area contributed by atoms with Crippen LogP contribution in [0, 0.1) is 0 Å². The van der Waals surface area contributed by atoms with Crippen LogP contribution in [0.5, 0.6) is 0 Å². The number of hydrogen-bond acceptors (Lipinski definition) is 4. The molecule has 0 saturated carbocycles. The lowest BCUT2D eigenvalue weighted by Gasteiger charge is -2.35. The molecule has 0 radical (unpaired) electrons. The van der Waals surface area contributed by atoms with Gasteiger partial charge in [-0.1, -0.05) is 0 Å². The van der Waals surface area contributed by atoms with Gasteiger partial charge in [-0.25, -0.2) is 0 Å². The van der Waals surface area contributed by atoms with Gasteiger partial charge in [0.05, 0.1) is 0 Å². The largest absolute Gasteiger partial charge is 0.480 e. The second kappa shape index (κ2) is 6.18. The Labute approximate surface area is 97.2 Å².